The smallest absolute Gasteiger partial charge is 0.274 e. The van der Waals surface area contributed by atoms with Crippen LogP contribution in [0.2, 0.25) is 0 Å². The third-order valence-corrected chi connectivity index (χ3v) is 17.0. The normalized spacial score (nSPS) is 14.2. The van der Waals surface area contributed by atoms with E-state index in [4.69, 9.17) is 20.8 Å². The molecular weight excluding hydrogens is 1170 g/mol. The minimum Gasteiger partial charge on any atom is -0.347 e. The maximum atomic E-state index is 12.7. The van der Waals surface area contributed by atoms with Crippen molar-refractivity contribution in [1.82, 2.24) is 46.1 Å². The molecule has 1 aromatic heterocycles. The average Bonchev–Trinajstić information content (AvgIpc) is 1.85. The van der Waals surface area contributed by atoms with E-state index >= 15 is 0 Å². The number of amides is 8. The Balaban J connectivity index is 0.000000158. The maximum absolute atomic E-state index is 12.7. The van der Waals surface area contributed by atoms with Gasteiger partial charge in [-0.1, -0.05) is 80.4 Å². The number of hydrogen-bond donors (Lipinski definition) is 8. The highest BCUT2D eigenvalue weighted by Crippen LogP contribution is 2.26. The molecule has 5 heterocycles. The summed E-state index contributed by atoms with van der Waals surface area (Å²) in [5, 5.41) is 35.0. The van der Waals surface area contributed by atoms with Gasteiger partial charge in [0.15, 0.2) is 0 Å². The first-order valence-corrected chi connectivity index (χ1v) is 30.8. The topological polar surface area (TPSA) is 283 Å². The molecule has 11 rings (SSSR count). The van der Waals surface area contributed by atoms with Crippen LogP contribution in [0.15, 0.2) is 140 Å². The Morgan fingerprint density at radius 1 is 0.370 bits per heavy atom. The Bertz CT molecular complexity index is 3840. The van der Waals surface area contributed by atoms with Crippen LogP contribution in [0.3, 0.4) is 0 Å². The molecule has 0 atom stereocenters. The third-order valence-electron chi connectivity index (χ3n) is 17.0. The number of aryl methyl sites for hydroxylation is 4. The van der Waals surface area contributed by atoms with Crippen LogP contribution in [0.25, 0.3) is 0 Å². The molecule has 92 heavy (non-hydrogen) atoms. The Labute approximate surface area is 535 Å². The molecule has 0 saturated carbocycles. The fraction of sp³-hybridized carbons (Fsp3) is 0.324. The van der Waals surface area contributed by atoms with E-state index in [0.29, 0.717) is 104 Å². The number of nitrogens with zero attached hydrogens (tertiary/aromatic N) is 5. The number of rotatable bonds is 7. The molecule has 8 amide bonds. The lowest BCUT2D eigenvalue weighted by atomic mass is 9.94. The van der Waals surface area contributed by atoms with Crippen molar-refractivity contribution in [3.05, 3.63) is 234 Å². The van der Waals surface area contributed by atoms with Crippen LogP contribution in [0, 0.1) is 19.3 Å². The second-order valence-corrected chi connectivity index (χ2v) is 24.4. The maximum Gasteiger partial charge on any atom is 0.274 e. The fourth-order valence-corrected chi connectivity index (χ4v) is 11.6. The minimum atomic E-state index is -0.520. The summed E-state index contributed by atoms with van der Waals surface area (Å²) in [6.45, 7) is 14.9. The number of benzene rings is 6. The van der Waals surface area contributed by atoms with Gasteiger partial charge in [-0.3, -0.25) is 59.2 Å². The Morgan fingerprint density at radius 3 is 1.05 bits per heavy atom. The van der Waals surface area contributed by atoms with E-state index in [1.165, 1.54) is 0 Å². The standard InChI is InChI=1S/2C19H20N2O3.C17H19N3O3.C16H22N2O3/c1-13-2-4-15(5-3-13)19(23)21-10-8-14-6-7-17(18(22)20-24)12-16(14)9-11-21;1-13-4-6-14(7-5-13)19(23)21-10-2-3-15-11-16(18(22)20-24)8-9-17(15)12-21;1-19-8-2-3-15(19)17(22)20-9-6-12-4-5-14(16(21)18-23)11-13(12)7-10-20;1-16(2,3)15(20)18-8-6-11-4-5-13(14(19)17-21)10-12(11)7-9-18/h2-7,12,24H,8-11H2,1H3,(H,20,22);4-9,11,24H,2-3,10,12H2,1H3,(H,20,22);2-5,8,11,23H,6-7,9-10H2,1H3,(H,18,21);4-5,10,21H,6-9H2,1-3H3,(H,17,19). The van der Waals surface area contributed by atoms with Crippen molar-refractivity contribution in [2.45, 2.75) is 92.5 Å². The zero-order valence-electron chi connectivity index (χ0n) is 52.9. The number of aromatic nitrogens is 1. The molecule has 0 unspecified atom stereocenters. The van der Waals surface area contributed by atoms with Crippen molar-refractivity contribution >= 4 is 47.3 Å². The van der Waals surface area contributed by atoms with Crippen molar-refractivity contribution in [3.63, 3.8) is 0 Å². The van der Waals surface area contributed by atoms with Gasteiger partial charge in [0.25, 0.3) is 41.4 Å². The molecule has 4 aliphatic rings. The SMILES string of the molecule is CC(C)(C)C(=O)N1CCc2ccc(C(=O)NO)cc2CC1.Cc1ccc(C(=O)N2CCCc3cc(C(=O)NO)ccc3C2)cc1.Cc1ccc(C(=O)N2CCc3ccc(C(=O)NO)cc3CC2)cc1.Cn1cccc1C(=O)N1CCc2ccc(C(=O)NO)cc2CC1. The number of carbonyl (C=O) groups excluding carboxylic acids is 8. The number of carbonyl (C=O) groups is 8. The van der Waals surface area contributed by atoms with Gasteiger partial charge in [-0.15, -0.1) is 0 Å². The summed E-state index contributed by atoms with van der Waals surface area (Å²) in [7, 11) is 1.86. The molecular formula is C71H81N9O12. The van der Waals surface area contributed by atoms with E-state index in [0.717, 1.165) is 94.2 Å². The van der Waals surface area contributed by atoms with E-state index in [9.17, 15) is 38.4 Å². The molecule has 0 aliphatic carbocycles. The molecule has 8 N–H and O–H groups in total. The summed E-state index contributed by atoms with van der Waals surface area (Å²) in [4.78, 5) is 104. The second-order valence-electron chi connectivity index (χ2n) is 24.4. The summed E-state index contributed by atoms with van der Waals surface area (Å²) >= 11 is 0. The first kappa shape index (κ1) is 68.1. The minimum absolute atomic E-state index is 0.0265. The largest absolute Gasteiger partial charge is 0.347 e. The number of nitrogens with one attached hydrogen (secondary N) is 4. The molecule has 0 saturated heterocycles. The van der Waals surface area contributed by atoms with Crippen LogP contribution >= 0.6 is 0 Å². The van der Waals surface area contributed by atoms with Gasteiger partial charge in [-0.2, -0.15) is 0 Å². The zero-order chi connectivity index (χ0) is 66.2. The summed E-state index contributed by atoms with van der Waals surface area (Å²) in [6.07, 6.45) is 7.92. The molecule has 21 nitrogen and oxygen atoms in total. The molecule has 7 aromatic rings. The Morgan fingerprint density at radius 2 is 0.696 bits per heavy atom. The molecule has 0 fully saturated rings. The van der Waals surface area contributed by atoms with E-state index in [1.807, 2.05) is 157 Å². The van der Waals surface area contributed by atoms with Crippen LogP contribution in [0.1, 0.15) is 155 Å². The van der Waals surface area contributed by atoms with Crippen molar-refractivity contribution in [2.75, 3.05) is 45.8 Å². The Hall–Kier alpha value is -9.80. The van der Waals surface area contributed by atoms with E-state index in [1.54, 1.807) is 70.5 Å². The lowest BCUT2D eigenvalue weighted by molar-refractivity contribution is -0.139. The van der Waals surface area contributed by atoms with Crippen molar-refractivity contribution < 1.29 is 59.2 Å². The molecule has 21 heteroatoms. The molecule has 0 radical (unpaired) electrons. The van der Waals surface area contributed by atoms with Crippen LogP contribution in [-0.4, -0.2) is 138 Å². The average molecular weight is 1250 g/mol. The van der Waals surface area contributed by atoms with Crippen molar-refractivity contribution in [3.8, 4) is 0 Å². The summed E-state index contributed by atoms with van der Waals surface area (Å²) < 4.78 is 1.82. The zero-order valence-corrected chi connectivity index (χ0v) is 52.9. The quantitative estimate of drug-likeness (QED) is 0.0554. The van der Waals surface area contributed by atoms with Gasteiger partial charge < -0.3 is 24.2 Å². The van der Waals surface area contributed by atoms with Gasteiger partial charge in [0.1, 0.15) is 5.69 Å². The van der Waals surface area contributed by atoms with Crippen LogP contribution in [-0.2, 0) is 63.3 Å². The number of hydrogen-bond acceptors (Lipinski definition) is 12. The van der Waals surface area contributed by atoms with Gasteiger partial charge in [-0.05, 0) is 195 Å². The predicted molar refractivity (Wildman–Crippen MR) is 344 cm³/mol. The number of fused-ring (bicyclic) bond motifs is 4. The van der Waals surface area contributed by atoms with Crippen LogP contribution in [0.5, 0.6) is 0 Å². The van der Waals surface area contributed by atoms with Gasteiger partial charge >= 0.3 is 0 Å². The molecule has 482 valence electrons. The lowest BCUT2D eigenvalue weighted by Crippen LogP contribution is -2.40. The van der Waals surface area contributed by atoms with Crippen LogP contribution in [0.4, 0.5) is 0 Å². The van der Waals surface area contributed by atoms with Gasteiger partial charge in [0.2, 0.25) is 5.91 Å². The highest BCUT2D eigenvalue weighted by molar-refractivity contribution is 5.97. The third kappa shape index (κ3) is 17.4. The van der Waals surface area contributed by atoms with Crippen molar-refractivity contribution in [2.24, 2.45) is 12.5 Å². The highest BCUT2D eigenvalue weighted by atomic mass is 16.5. The summed E-state index contributed by atoms with van der Waals surface area (Å²) in [5.74, 6) is -1.82. The van der Waals surface area contributed by atoms with Gasteiger partial charge in [-0.25, -0.2) is 21.9 Å². The van der Waals surface area contributed by atoms with E-state index < -0.39 is 23.6 Å². The van der Waals surface area contributed by atoms with Crippen LogP contribution < -0.4 is 21.9 Å². The monoisotopic (exact) mass is 1250 g/mol. The van der Waals surface area contributed by atoms with E-state index in [-0.39, 0.29) is 29.0 Å². The first-order valence-electron chi connectivity index (χ1n) is 30.8. The van der Waals surface area contributed by atoms with E-state index in [2.05, 4.69) is 0 Å². The van der Waals surface area contributed by atoms with Gasteiger partial charge in [0.05, 0.1) is 0 Å². The highest BCUT2D eigenvalue weighted by Gasteiger charge is 2.29. The lowest BCUT2D eigenvalue weighted by Gasteiger charge is -2.28. The summed E-state index contributed by atoms with van der Waals surface area (Å²) in [6, 6.07) is 40.4. The molecule has 6 aromatic carbocycles. The molecule has 0 bridgehead atoms. The van der Waals surface area contributed by atoms with Gasteiger partial charge in [0, 0.05) is 104 Å². The first-order chi connectivity index (χ1) is 44.1. The predicted octanol–water partition coefficient (Wildman–Crippen LogP) is 8.22. The summed E-state index contributed by atoms with van der Waals surface area (Å²) in [5.41, 5.74) is 21.0. The number of hydroxylamine groups is 4. The van der Waals surface area contributed by atoms with Crippen molar-refractivity contribution in [1.29, 1.82) is 0 Å². The molecule has 0 spiro atoms. The second kappa shape index (κ2) is 31.3. The Kier molecular flexibility index (Phi) is 23.2. The fourth-order valence-electron chi connectivity index (χ4n) is 11.6. The molecule has 4 aliphatic heterocycles.